The van der Waals surface area contributed by atoms with Gasteiger partial charge in [-0.15, -0.1) is 0 Å². The van der Waals surface area contributed by atoms with Crippen LogP contribution in [0.5, 0.6) is 0 Å². The summed E-state index contributed by atoms with van der Waals surface area (Å²) in [6.07, 6.45) is 9.81. The van der Waals surface area contributed by atoms with Crippen molar-refractivity contribution in [3.8, 4) is 0 Å². The predicted octanol–water partition coefficient (Wildman–Crippen LogP) is 3.19. The second-order valence-corrected chi connectivity index (χ2v) is 5.37. The van der Waals surface area contributed by atoms with Crippen molar-refractivity contribution in [3.63, 3.8) is 0 Å². The van der Waals surface area contributed by atoms with Crippen molar-refractivity contribution in [1.82, 2.24) is 5.32 Å². The minimum absolute atomic E-state index is 0.324. The molecule has 0 spiro atoms. The zero-order valence-corrected chi connectivity index (χ0v) is 12.5. The van der Waals surface area contributed by atoms with Gasteiger partial charge in [0, 0.05) is 6.04 Å². The van der Waals surface area contributed by atoms with Crippen LogP contribution in [-0.4, -0.2) is 28.6 Å². The molecule has 0 aromatic heterocycles. The molecule has 0 bridgehead atoms. The van der Waals surface area contributed by atoms with E-state index in [1.807, 2.05) is 0 Å². The van der Waals surface area contributed by atoms with E-state index in [9.17, 15) is 10.2 Å². The van der Waals surface area contributed by atoms with Gasteiger partial charge >= 0.3 is 0 Å². The highest BCUT2D eigenvalue weighted by Gasteiger charge is 2.14. The largest absolute Gasteiger partial charge is 0.389 e. The Morgan fingerprint density at radius 3 is 1.94 bits per heavy atom. The highest BCUT2D eigenvalue weighted by molar-refractivity contribution is 4.69. The Morgan fingerprint density at radius 2 is 1.44 bits per heavy atom. The lowest BCUT2D eigenvalue weighted by atomic mass is 10.0. The topological polar surface area (TPSA) is 52.5 Å². The molecule has 0 saturated carbocycles. The second kappa shape index (κ2) is 11.9. The predicted molar refractivity (Wildman–Crippen MR) is 77.5 cm³/mol. The molecule has 0 rings (SSSR count). The second-order valence-electron chi connectivity index (χ2n) is 5.37. The SMILES string of the molecule is CCCCCCCCCC(CC)NC(O)C(C)O. The summed E-state index contributed by atoms with van der Waals surface area (Å²) < 4.78 is 0. The number of aliphatic hydroxyl groups is 2. The number of rotatable bonds is 12. The molecule has 3 heteroatoms. The summed E-state index contributed by atoms with van der Waals surface area (Å²) in [6.45, 7) is 5.97. The molecular weight excluding hydrogens is 226 g/mol. The van der Waals surface area contributed by atoms with Crippen LogP contribution in [0.4, 0.5) is 0 Å². The van der Waals surface area contributed by atoms with E-state index in [1.54, 1.807) is 6.92 Å². The van der Waals surface area contributed by atoms with Crippen molar-refractivity contribution >= 4 is 0 Å². The van der Waals surface area contributed by atoms with Gasteiger partial charge in [-0.1, -0.05) is 58.8 Å². The van der Waals surface area contributed by atoms with Gasteiger partial charge in [-0.25, -0.2) is 0 Å². The molecular formula is C15H33NO2. The maximum absolute atomic E-state index is 9.57. The summed E-state index contributed by atoms with van der Waals surface area (Å²) in [5.74, 6) is 0. The Kier molecular flexibility index (Phi) is 11.9. The Labute approximate surface area is 113 Å². The highest BCUT2D eigenvalue weighted by Crippen LogP contribution is 2.11. The number of unbranched alkanes of at least 4 members (excludes halogenated alkanes) is 6. The van der Waals surface area contributed by atoms with E-state index in [0.717, 1.165) is 12.8 Å². The van der Waals surface area contributed by atoms with E-state index in [-0.39, 0.29) is 0 Å². The van der Waals surface area contributed by atoms with Crippen LogP contribution in [0.3, 0.4) is 0 Å². The van der Waals surface area contributed by atoms with E-state index < -0.39 is 12.3 Å². The third kappa shape index (κ3) is 9.86. The van der Waals surface area contributed by atoms with E-state index in [4.69, 9.17) is 0 Å². The number of hydrogen-bond donors (Lipinski definition) is 3. The molecule has 0 aromatic carbocycles. The van der Waals surface area contributed by atoms with Gasteiger partial charge < -0.3 is 10.2 Å². The van der Waals surface area contributed by atoms with E-state index >= 15 is 0 Å². The van der Waals surface area contributed by atoms with Crippen molar-refractivity contribution in [1.29, 1.82) is 0 Å². The first-order valence-corrected chi connectivity index (χ1v) is 7.74. The summed E-state index contributed by atoms with van der Waals surface area (Å²) in [5, 5.41) is 21.9. The molecule has 0 aliphatic heterocycles. The molecule has 0 heterocycles. The van der Waals surface area contributed by atoms with Crippen LogP contribution >= 0.6 is 0 Å². The molecule has 3 nitrogen and oxygen atoms in total. The van der Waals surface area contributed by atoms with Gasteiger partial charge in [-0.2, -0.15) is 0 Å². The summed E-state index contributed by atoms with van der Waals surface area (Å²) in [7, 11) is 0. The summed E-state index contributed by atoms with van der Waals surface area (Å²) in [6, 6.07) is 0.324. The normalized spacial score (nSPS) is 16.5. The smallest absolute Gasteiger partial charge is 0.131 e. The average molecular weight is 259 g/mol. The standard InChI is InChI=1S/C15H33NO2/c1-4-6-7-8-9-10-11-12-14(5-2)16-15(18)13(3)17/h13-18H,4-12H2,1-3H3. The van der Waals surface area contributed by atoms with Crippen LogP contribution in [0, 0.1) is 0 Å². The first-order chi connectivity index (χ1) is 8.61. The molecule has 3 unspecified atom stereocenters. The molecule has 0 aliphatic rings. The van der Waals surface area contributed by atoms with Crippen LogP contribution in [0.2, 0.25) is 0 Å². The number of nitrogens with one attached hydrogen (secondary N) is 1. The molecule has 0 amide bonds. The van der Waals surface area contributed by atoms with Crippen molar-refractivity contribution in [3.05, 3.63) is 0 Å². The van der Waals surface area contributed by atoms with Gasteiger partial charge in [0.25, 0.3) is 0 Å². The minimum Gasteiger partial charge on any atom is -0.389 e. The first-order valence-electron chi connectivity index (χ1n) is 7.74. The van der Waals surface area contributed by atoms with Crippen LogP contribution in [0.25, 0.3) is 0 Å². The van der Waals surface area contributed by atoms with Gasteiger partial charge in [-0.05, 0) is 19.8 Å². The summed E-state index contributed by atoms with van der Waals surface area (Å²) in [4.78, 5) is 0. The Hall–Kier alpha value is -0.120. The van der Waals surface area contributed by atoms with Crippen LogP contribution < -0.4 is 5.32 Å². The molecule has 0 radical (unpaired) electrons. The van der Waals surface area contributed by atoms with Crippen LogP contribution in [-0.2, 0) is 0 Å². The lowest BCUT2D eigenvalue weighted by Crippen LogP contribution is -2.44. The molecule has 3 atom stereocenters. The fraction of sp³-hybridized carbons (Fsp3) is 1.00. The fourth-order valence-corrected chi connectivity index (χ4v) is 2.13. The van der Waals surface area contributed by atoms with Crippen molar-refractivity contribution in [2.45, 2.75) is 96.9 Å². The maximum atomic E-state index is 9.57. The van der Waals surface area contributed by atoms with Crippen LogP contribution in [0.15, 0.2) is 0 Å². The minimum atomic E-state index is -0.792. The van der Waals surface area contributed by atoms with Gasteiger partial charge in [0.15, 0.2) is 0 Å². The third-order valence-electron chi connectivity index (χ3n) is 3.51. The lowest BCUT2D eigenvalue weighted by molar-refractivity contribution is 0.000470. The lowest BCUT2D eigenvalue weighted by Gasteiger charge is -2.23. The molecule has 0 fully saturated rings. The zero-order valence-electron chi connectivity index (χ0n) is 12.5. The highest BCUT2D eigenvalue weighted by atomic mass is 16.3. The molecule has 110 valence electrons. The van der Waals surface area contributed by atoms with E-state index in [0.29, 0.717) is 6.04 Å². The Morgan fingerprint density at radius 1 is 0.889 bits per heavy atom. The monoisotopic (exact) mass is 259 g/mol. The number of hydrogen-bond acceptors (Lipinski definition) is 3. The molecule has 0 aromatic rings. The molecule has 0 aliphatic carbocycles. The molecule has 3 N–H and O–H groups in total. The molecule has 18 heavy (non-hydrogen) atoms. The van der Waals surface area contributed by atoms with Gasteiger partial charge in [-0.3, -0.25) is 5.32 Å². The average Bonchev–Trinajstić information content (AvgIpc) is 2.35. The fourth-order valence-electron chi connectivity index (χ4n) is 2.13. The maximum Gasteiger partial charge on any atom is 0.131 e. The summed E-state index contributed by atoms with van der Waals surface area (Å²) in [5.41, 5.74) is 0. The van der Waals surface area contributed by atoms with Gasteiger partial charge in [0.1, 0.15) is 6.23 Å². The van der Waals surface area contributed by atoms with Crippen molar-refractivity contribution in [2.24, 2.45) is 0 Å². The summed E-state index contributed by atoms with van der Waals surface area (Å²) >= 11 is 0. The van der Waals surface area contributed by atoms with E-state index in [2.05, 4.69) is 19.2 Å². The number of aliphatic hydroxyl groups excluding tert-OH is 2. The van der Waals surface area contributed by atoms with Gasteiger partial charge in [0.05, 0.1) is 6.10 Å². The third-order valence-corrected chi connectivity index (χ3v) is 3.51. The molecule has 0 saturated heterocycles. The quantitative estimate of drug-likeness (QED) is 0.373. The van der Waals surface area contributed by atoms with E-state index in [1.165, 1.54) is 44.9 Å². The van der Waals surface area contributed by atoms with Crippen molar-refractivity contribution < 1.29 is 10.2 Å². The zero-order chi connectivity index (χ0) is 13.8. The van der Waals surface area contributed by atoms with Crippen LogP contribution in [0.1, 0.15) is 78.6 Å². The Balaban J connectivity index is 3.50. The van der Waals surface area contributed by atoms with Crippen molar-refractivity contribution in [2.75, 3.05) is 0 Å². The first kappa shape index (κ1) is 17.9. The Bertz CT molecular complexity index is 174. The van der Waals surface area contributed by atoms with Gasteiger partial charge in [0.2, 0.25) is 0 Å².